The van der Waals surface area contributed by atoms with E-state index in [1.165, 1.54) is 0 Å². The fourth-order valence-electron chi connectivity index (χ4n) is 2.52. The van der Waals surface area contributed by atoms with E-state index in [2.05, 4.69) is 15.3 Å². The normalized spacial score (nSPS) is 17.4. The highest BCUT2D eigenvalue weighted by Crippen LogP contribution is 2.40. The molecule has 2 aromatic rings. The van der Waals surface area contributed by atoms with Gasteiger partial charge in [0.05, 0.1) is 11.4 Å². The summed E-state index contributed by atoms with van der Waals surface area (Å²) in [6.45, 7) is 0.231. The maximum atomic E-state index is 11.9. The zero-order chi connectivity index (χ0) is 14.4. The molecule has 1 saturated carbocycles. The molecule has 5 nitrogen and oxygen atoms in total. The second-order valence-electron chi connectivity index (χ2n) is 5.33. The minimum atomic E-state index is -0.0589. The lowest BCUT2D eigenvalue weighted by Gasteiger charge is -2.30. The molecule has 0 atom stereocenters. The van der Waals surface area contributed by atoms with Crippen LogP contribution in [-0.4, -0.2) is 22.4 Å². The summed E-state index contributed by atoms with van der Waals surface area (Å²) in [6, 6.07) is 9.38. The van der Waals surface area contributed by atoms with Gasteiger partial charge in [-0.25, -0.2) is 9.97 Å². The number of rotatable bonds is 2. The molecule has 106 valence electrons. The molecule has 1 aromatic heterocycles. The number of nitrogens with one attached hydrogen (secondary N) is 1. The van der Waals surface area contributed by atoms with Crippen molar-refractivity contribution in [2.24, 2.45) is 0 Å². The molecule has 2 heterocycles. The zero-order valence-corrected chi connectivity index (χ0v) is 12.0. The molecule has 1 N–H and O–H groups in total. The van der Waals surface area contributed by atoms with Crippen LogP contribution in [-0.2, 0) is 4.79 Å². The van der Waals surface area contributed by atoms with E-state index in [4.69, 9.17) is 11.6 Å². The lowest BCUT2D eigenvalue weighted by Crippen LogP contribution is -2.35. The molecule has 1 fully saturated rings. The van der Waals surface area contributed by atoms with E-state index in [0.717, 1.165) is 30.0 Å². The van der Waals surface area contributed by atoms with E-state index in [0.29, 0.717) is 16.9 Å². The van der Waals surface area contributed by atoms with Crippen molar-refractivity contribution in [2.75, 3.05) is 16.8 Å². The summed E-state index contributed by atoms with van der Waals surface area (Å²) in [6.07, 6.45) is 2.22. The lowest BCUT2D eigenvalue weighted by molar-refractivity contribution is -0.115. The van der Waals surface area contributed by atoms with Crippen LogP contribution in [0.15, 0.2) is 30.3 Å². The molecule has 21 heavy (non-hydrogen) atoms. The van der Waals surface area contributed by atoms with Gasteiger partial charge < -0.3 is 10.2 Å². The largest absolute Gasteiger partial charge is 0.323 e. The van der Waals surface area contributed by atoms with Crippen LogP contribution in [0.5, 0.6) is 0 Å². The molecule has 1 amide bonds. The molecule has 1 aliphatic heterocycles. The van der Waals surface area contributed by atoms with Gasteiger partial charge in [0.15, 0.2) is 0 Å². The Labute approximate surface area is 127 Å². The molecular weight excluding hydrogens is 288 g/mol. The third-order valence-corrected chi connectivity index (χ3v) is 3.88. The van der Waals surface area contributed by atoms with Gasteiger partial charge in [-0.15, -0.1) is 0 Å². The van der Waals surface area contributed by atoms with E-state index in [1.54, 1.807) is 6.07 Å². The quantitative estimate of drug-likeness (QED) is 0.866. The first kappa shape index (κ1) is 12.6. The first-order valence-corrected chi connectivity index (χ1v) is 7.29. The molecule has 6 heteroatoms. The molecule has 0 radical (unpaired) electrons. The van der Waals surface area contributed by atoms with Crippen molar-refractivity contribution in [2.45, 2.75) is 18.8 Å². The predicted molar refractivity (Wildman–Crippen MR) is 81.1 cm³/mol. The molecule has 1 aromatic carbocycles. The van der Waals surface area contributed by atoms with Crippen molar-refractivity contribution >= 4 is 34.7 Å². The highest BCUT2D eigenvalue weighted by atomic mass is 35.5. The summed E-state index contributed by atoms with van der Waals surface area (Å²) in [5, 5.41) is 3.29. The maximum Gasteiger partial charge on any atom is 0.244 e. The second-order valence-corrected chi connectivity index (χ2v) is 5.72. The minimum absolute atomic E-state index is 0.0589. The van der Waals surface area contributed by atoms with E-state index in [1.807, 2.05) is 29.2 Å². The number of para-hydroxylation sites is 2. The standard InChI is InChI=1S/C15H13ClN4O/c16-12-7-13(19-15(18-12)9-5-6-9)20-8-14(21)17-10-3-1-2-4-11(10)20/h1-4,7,9H,5-6,8H2,(H,17,21). The van der Waals surface area contributed by atoms with E-state index < -0.39 is 0 Å². The summed E-state index contributed by atoms with van der Waals surface area (Å²) in [4.78, 5) is 22.7. The highest BCUT2D eigenvalue weighted by molar-refractivity contribution is 6.29. The van der Waals surface area contributed by atoms with Gasteiger partial charge >= 0.3 is 0 Å². The number of benzene rings is 1. The van der Waals surface area contributed by atoms with Crippen LogP contribution in [0.4, 0.5) is 17.2 Å². The third kappa shape index (κ3) is 2.34. The Kier molecular flexibility index (Phi) is 2.82. The number of aromatic nitrogens is 2. The lowest BCUT2D eigenvalue weighted by atomic mass is 10.2. The first-order chi connectivity index (χ1) is 10.2. The SMILES string of the molecule is O=C1CN(c2cc(Cl)nc(C3CC3)n2)c2ccccc2N1. The summed E-state index contributed by atoms with van der Waals surface area (Å²) >= 11 is 6.13. The Morgan fingerprint density at radius 2 is 2.05 bits per heavy atom. The number of hydrogen-bond donors (Lipinski definition) is 1. The Balaban J connectivity index is 1.81. The average Bonchev–Trinajstić information content (AvgIpc) is 3.30. The number of carbonyl (C=O) groups is 1. The Bertz CT molecular complexity index is 729. The van der Waals surface area contributed by atoms with Crippen LogP contribution in [0.3, 0.4) is 0 Å². The number of fused-ring (bicyclic) bond motifs is 1. The monoisotopic (exact) mass is 300 g/mol. The molecule has 1 aliphatic carbocycles. The van der Waals surface area contributed by atoms with Crippen LogP contribution >= 0.6 is 11.6 Å². The third-order valence-electron chi connectivity index (χ3n) is 3.69. The maximum absolute atomic E-state index is 11.9. The summed E-state index contributed by atoms with van der Waals surface area (Å²) < 4.78 is 0. The average molecular weight is 301 g/mol. The minimum Gasteiger partial charge on any atom is -0.323 e. The molecule has 0 saturated heterocycles. The van der Waals surface area contributed by atoms with Gasteiger partial charge in [0.2, 0.25) is 5.91 Å². The topological polar surface area (TPSA) is 58.1 Å². The summed E-state index contributed by atoms with van der Waals surface area (Å²) in [5.41, 5.74) is 1.71. The second kappa shape index (κ2) is 4.70. The van der Waals surface area contributed by atoms with E-state index in [-0.39, 0.29) is 12.5 Å². The van der Waals surface area contributed by atoms with Crippen molar-refractivity contribution in [3.8, 4) is 0 Å². The summed E-state index contributed by atoms with van der Waals surface area (Å²) in [5.74, 6) is 1.81. The fraction of sp³-hybridized carbons (Fsp3) is 0.267. The van der Waals surface area contributed by atoms with Crippen LogP contribution in [0.25, 0.3) is 0 Å². The van der Waals surface area contributed by atoms with E-state index >= 15 is 0 Å². The molecule has 2 aliphatic rings. The number of carbonyl (C=O) groups excluding carboxylic acids is 1. The molecule has 0 unspecified atom stereocenters. The van der Waals surface area contributed by atoms with Gasteiger partial charge in [-0.3, -0.25) is 4.79 Å². The van der Waals surface area contributed by atoms with Crippen LogP contribution in [0.2, 0.25) is 5.15 Å². The van der Waals surface area contributed by atoms with Crippen molar-refractivity contribution in [1.29, 1.82) is 0 Å². The number of anilines is 3. The fourth-order valence-corrected chi connectivity index (χ4v) is 2.71. The van der Waals surface area contributed by atoms with Crippen molar-refractivity contribution in [1.82, 2.24) is 9.97 Å². The molecule has 0 bridgehead atoms. The molecule has 4 rings (SSSR count). The van der Waals surface area contributed by atoms with Gasteiger partial charge in [-0.1, -0.05) is 23.7 Å². The van der Waals surface area contributed by atoms with Crippen LogP contribution in [0.1, 0.15) is 24.6 Å². The first-order valence-electron chi connectivity index (χ1n) is 6.91. The van der Waals surface area contributed by atoms with Gasteiger partial charge in [0.1, 0.15) is 23.3 Å². The highest BCUT2D eigenvalue weighted by Gasteiger charge is 2.29. The molecule has 0 spiro atoms. The van der Waals surface area contributed by atoms with Gasteiger partial charge in [-0.2, -0.15) is 0 Å². The Morgan fingerprint density at radius 3 is 2.86 bits per heavy atom. The predicted octanol–water partition coefficient (Wildman–Crippen LogP) is 3.10. The van der Waals surface area contributed by atoms with Crippen molar-refractivity contribution in [3.05, 3.63) is 41.3 Å². The Hall–Kier alpha value is -2.14. The van der Waals surface area contributed by atoms with Crippen LogP contribution < -0.4 is 10.2 Å². The van der Waals surface area contributed by atoms with Crippen LogP contribution in [0, 0.1) is 0 Å². The number of amides is 1. The summed E-state index contributed by atoms with van der Waals surface area (Å²) in [7, 11) is 0. The van der Waals surface area contributed by atoms with Crippen molar-refractivity contribution in [3.63, 3.8) is 0 Å². The van der Waals surface area contributed by atoms with Crippen molar-refractivity contribution < 1.29 is 4.79 Å². The van der Waals surface area contributed by atoms with Gasteiger partial charge in [0.25, 0.3) is 0 Å². The Morgan fingerprint density at radius 1 is 1.24 bits per heavy atom. The zero-order valence-electron chi connectivity index (χ0n) is 11.2. The van der Waals surface area contributed by atoms with Gasteiger partial charge in [0, 0.05) is 12.0 Å². The van der Waals surface area contributed by atoms with Gasteiger partial charge in [-0.05, 0) is 25.0 Å². The number of hydrogen-bond acceptors (Lipinski definition) is 4. The smallest absolute Gasteiger partial charge is 0.244 e. The molecular formula is C15H13ClN4O. The number of nitrogens with zero attached hydrogens (tertiary/aromatic N) is 3. The van der Waals surface area contributed by atoms with E-state index in [9.17, 15) is 4.79 Å². The number of halogens is 1.